The molecule has 2 fully saturated rings. The highest BCUT2D eigenvalue weighted by molar-refractivity contribution is 7.10. The normalized spacial score (nSPS) is 31.3. The minimum absolute atomic E-state index is 0.0372. The summed E-state index contributed by atoms with van der Waals surface area (Å²) in [4.78, 5) is 16.6. The summed E-state index contributed by atoms with van der Waals surface area (Å²) in [6.07, 6.45) is 7.40. The van der Waals surface area contributed by atoms with Crippen LogP contribution in [0.4, 0.5) is 0 Å². The first-order chi connectivity index (χ1) is 11.7. The Labute approximate surface area is 149 Å². The van der Waals surface area contributed by atoms with Crippen LogP contribution >= 0.6 is 11.3 Å². The van der Waals surface area contributed by atoms with Gasteiger partial charge in [0.2, 0.25) is 5.91 Å². The molecule has 2 N–H and O–H groups in total. The van der Waals surface area contributed by atoms with Crippen molar-refractivity contribution in [2.45, 2.75) is 70.1 Å². The van der Waals surface area contributed by atoms with E-state index in [0.717, 1.165) is 38.4 Å². The maximum absolute atomic E-state index is 12.5. The van der Waals surface area contributed by atoms with Gasteiger partial charge in [-0.2, -0.15) is 0 Å². The molecule has 5 heteroatoms. The second kappa shape index (κ2) is 7.14. The number of nitrogens with one attached hydrogen (secondary N) is 2. The molecule has 2 aliphatic heterocycles. The van der Waals surface area contributed by atoms with Crippen molar-refractivity contribution in [3.8, 4) is 0 Å². The summed E-state index contributed by atoms with van der Waals surface area (Å²) in [6, 6.07) is 3.27. The van der Waals surface area contributed by atoms with Gasteiger partial charge >= 0.3 is 0 Å². The molecule has 3 aliphatic rings. The number of carbonyl (C=O) groups is 1. The largest absolute Gasteiger partial charge is 0.353 e. The molecule has 1 saturated carbocycles. The van der Waals surface area contributed by atoms with Crippen molar-refractivity contribution in [3.05, 3.63) is 21.9 Å². The van der Waals surface area contributed by atoms with Gasteiger partial charge in [-0.05, 0) is 55.5 Å². The van der Waals surface area contributed by atoms with E-state index in [4.69, 9.17) is 0 Å². The molecule has 1 aliphatic carbocycles. The molecule has 1 saturated heterocycles. The van der Waals surface area contributed by atoms with Gasteiger partial charge in [0.15, 0.2) is 0 Å². The maximum atomic E-state index is 12.5. The lowest BCUT2D eigenvalue weighted by molar-refractivity contribution is -0.123. The van der Waals surface area contributed by atoms with Gasteiger partial charge in [0, 0.05) is 36.6 Å². The van der Waals surface area contributed by atoms with Crippen LogP contribution in [-0.2, 0) is 17.8 Å². The van der Waals surface area contributed by atoms with Crippen molar-refractivity contribution >= 4 is 17.2 Å². The van der Waals surface area contributed by atoms with Crippen molar-refractivity contribution in [1.29, 1.82) is 0 Å². The zero-order chi connectivity index (χ0) is 16.5. The monoisotopic (exact) mass is 347 g/mol. The van der Waals surface area contributed by atoms with Gasteiger partial charge in [0.05, 0.1) is 6.04 Å². The molecule has 1 aromatic rings. The van der Waals surface area contributed by atoms with Crippen LogP contribution < -0.4 is 10.6 Å². The van der Waals surface area contributed by atoms with E-state index >= 15 is 0 Å². The van der Waals surface area contributed by atoms with Gasteiger partial charge in [-0.25, -0.2) is 0 Å². The number of nitrogens with zero attached hydrogens (tertiary/aromatic N) is 1. The average Bonchev–Trinajstić information content (AvgIpc) is 3.24. The maximum Gasteiger partial charge on any atom is 0.237 e. The highest BCUT2D eigenvalue weighted by Crippen LogP contribution is 2.33. The number of hydrogen-bond acceptors (Lipinski definition) is 4. The number of hydrogen-bond donors (Lipinski definition) is 2. The number of fused-ring (bicyclic) bond motifs is 2. The van der Waals surface area contributed by atoms with Crippen LogP contribution in [-0.4, -0.2) is 42.0 Å². The Morgan fingerprint density at radius 3 is 3.21 bits per heavy atom. The Morgan fingerprint density at radius 1 is 1.46 bits per heavy atom. The molecule has 24 heavy (non-hydrogen) atoms. The van der Waals surface area contributed by atoms with E-state index in [0.29, 0.717) is 12.1 Å². The lowest BCUT2D eigenvalue weighted by Crippen LogP contribution is -2.48. The molecule has 4 unspecified atom stereocenters. The Balaban J connectivity index is 1.25. The molecule has 0 spiro atoms. The minimum atomic E-state index is 0.0372. The first-order valence-electron chi connectivity index (χ1n) is 9.54. The van der Waals surface area contributed by atoms with Crippen LogP contribution in [0.15, 0.2) is 11.4 Å². The van der Waals surface area contributed by atoms with E-state index in [2.05, 4.69) is 33.9 Å². The molecule has 1 amide bonds. The van der Waals surface area contributed by atoms with Crippen molar-refractivity contribution < 1.29 is 4.79 Å². The number of amides is 1. The highest BCUT2D eigenvalue weighted by atomic mass is 32.1. The molecule has 1 aromatic heterocycles. The number of thiophene rings is 1. The zero-order valence-corrected chi connectivity index (χ0v) is 15.4. The van der Waals surface area contributed by atoms with Gasteiger partial charge in [-0.1, -0.05) is 12.8 Å². The summed E-state index contributed by atoms with van der Waals surface area (Å²) in [6.45, 7) is 5.13. The van der Waals surface area contributed by atoms with Gasteiger partial charge < -0.3 is 10.6 Å². The van der Waals surface area contributed by atoms with Crippen LogP contribution in [0.2, 0.25) is 0 Å². The summed E-state index contributed by atoms with van der Waals surface area (Å²) >= 11 is 1.88. The van der Waals surface area contributed by atoms with Crippen LogP contribution in [0, 0.1) is 5.92 Å². The van der Waals surface area contributed by atoms with Crippen LogP contribution in [0.3, 0.4) is 0 Å². The van der Waals surface area contributed by atoms with E-state index in [9.17, 15) is 4.79 Å². The second-order valence-corrected chi connectivity index (χ2v) is 8.79. The fourth-order valence-electron chi connectivity index (χ4n) is 4.67. The SMILES string of the molecule is CC(CNC(=O)C1CC2CCCCC2N1)N1CCc2sccc2C1. The lowest BCUT2D eigenvalue weighted by atomic mass is 9.85. The van der Waals surface area contributed by atoms with E-state index < -0.39 is 0 Å². The molecule has 0 bridgehead atoms. The van der Waals surface area contributed by atoms with Crippen molar-refractivity contribution in [2.75, 3.05) is 13.1 Å². The summed E-state index contributed by atoms with van der Waals surface area (Å²) in [7, 11) is 0. The summed E-state index contributed by atoms with van der Waals surface area (Å²) in [5.74, 6) is 0.940. The Bertz CT molecular complexity index is 573. The van der Waals surface area contributed by atoms with Gasteiger partial charge in [0.1, 0.15) is 0 Å². The minimum Gasteiger partial charge on any atom is -0.353 e. The summed E-state index contributed by atoms with van der Waals surface area (Å²) in [5, 5.41) is 8.99. The number of carbonyl (C=O) groups excluding carboxylic acids is 1. The topological polar surface area (TPSA) is 44.4 Å². The van der Waals surface area contributed by atoms with Gasteiger partial charge in [-0.15, -0.1) is 11.3 Å². The Hall–Kier alpha value is -0.910. The Kier molecular flexibility index (Phi) is 4.93. The Morgan fingerprint density at radius 2 is 2.33 bits per heavy atom. The lowest BCUT2D eigenvalue weighted by Gasteiger charge is -2.32. The predicted molar refractivity (Wildman–Crippen MR) is 98.2 cm³/mol. The number of rotatable bonds is 4. The third kappa shape index (κ3) is 3.39. The standard InChI is InChI=1S/C19H29N3OS/c1-13(22-8-6-18-15(12-22)7-9-24-18)11-20-19(23)17-10-14-4-2-3-5-16(14)21-17/h7,9,13-14,16-17,21H,2-6,8,10-12H2,1H3,(H,20,23). The zero-order valence-electron chi connectivity index (χ0n) is 14.6. The summed E-state index contributed by atoms with van der Waals surface area (Å²) < 4.78 is 0. The third-order valence-corrected chi connectivity index (χ3v) is 7.23. The quantitative estimate of drug-likeness (QED) is 0.880. The van der Waals surface area contributed by atoms with E-state index in [-0.39, 0.29) is 11.9 Å². The first kappa shape index (κ1) is 16.6. The van der Waals surface area contributed by atoms with E-state index in [1.165, 1.54) is 31.2 Å². The molecular formula is C19H29N3OS. The molecular weight excluding hydrogens is 318 g/mol. The smallest absolute Gasteiger partial charge is 0.237 e. The molecule has 3 heterocycles. The fraction of sp³-hybridized carbons (Fsp3) is 0.737. The van der Waals surface area contributed by atoms with Gasteiger partial charge in [-0.3, -0.25) is 9.69 Å². The van der Waals surface area contributed by atoms with Crippen molar-refractivity contribution in [3.63, 3.8) is 0 Å². The first-order valence-corrected chi connectivity index (χ1v) is 10.4. The second-order valence-electron chi connectivity index (χ2n) is 7.79. The van der Waals surface area contributed by atoms with E-state index in [1.807, 2.05) is 11.3 Å². The average molecular weight is 348 g/mol. The molecule has 0 radical (unpaired) electrons. The molecule has 4 nitrogen and oxygen atoms in total. The predicted octanol–water partition coefficient (Wildman–Crippen LogP) is 2.53. The van der Waals surface area contributed by atoms with Gasteiger partial charge in [0.25, 0.3) is 0 Å². The molecule has 0 aromatic carbocycles. The molecule has 132 valence electrons. The summed E-state index contributed by atoms with van der Waals surface area (Å²) in [5.41, 5.74) is 1.48. The third-order valence-electron chi connectivity index (χ3n) is 6.21. The molecule has 4 atom stereocenters. The van der Waals surface area contributed by atoms with Crippen LogP contribution in [0.25, 0.3) is 0 Å². The van der Waals surface area contributed by atoms with Crippen molar-refractivity contribution in [1.82, 2.24) is 15.5 Å². The van der Waals surface area contributed by atoms with E-state index in [1.54, 1.807) is 4.88 Å². The van der Waals surface area contributed by atoms with Crippen molar-refractivity contribution in [2.24, 2.45) is 5.92 Å². The fourth-order valence-corrected chi connectivity index (χ4v) is 5.56. The van der Waals surface area contributed by atoms with Crippen LogP contribution in [0.5, 0.6) is 0 Å². The molecule has 4 rings (SSSR count). The van der Waals surface area contributed by atoms with Crippen LogP contribution in [0.1, 0.15) is 49.5 Å². The highest BCUT2D eigenvalue weighted by Gasteiger charge is 2.38.